The summed E-state index contributed by atoms with van der Waals surface area (Å²) in [5, 5.41) is 3.16. The second-order valence-electron chi connectivity index (χ2n) is 6.11. The molecule has 0 radical (unpaired) electrons. The van der Waals surface area contributed by atoms with Crippen molar-refractivity contribution in [1.82, 2.24) is 0 Å². The highest BCUT2D eigenvalue weighted by Gasteiger charge is 2.32. The topological polar surface area (TPSA) is 68.9 Å². The Labute approximate surface area is 132 Å². The molecular formula is C17H27N3O2. The van der Waals surface area contributed by atoms with Crippen molar-refractivity contribution in [2.45, 2.75) is 38.2 Å². The molecule has 0 aromatic heterocycles. The van der Waals surface area contributed by atoms with E-state index in [9.17, 15) is 0 Å². The van der Waals surface area contributed by atoms with Crippen LogP contribution in [0.2, 0.25) is 0 Å². The molecule has 0 unspecified atom stereocenters. The van der Waals surface area contributed by atoms with Gasteiger partial charge >= 0.3 is 0 Å². The van der Waals surface area contributed by atoms with Crippen molar-refractivity contribution in [1.29, 1.82) is 0 Å². The molecule has 2 rings (SSSR count). The first kappa shape index (κ1) is 16.8. The van der Waals surface area contributed by atoms with Gasteiger partial charge in [-0.15, -0.1) is 0 Å². The fraction of sp³-hybridized carbons (Fsp3) is 0.588. The maximum absolute atomic E-state index is 6.01. The predicted octanol–water partition coefficient (Wildman–Crippen LogP) is 2.73. The Hall–Kier alpha value is -1.59. The van der Waals surface area contributed by atoms with E-state index in [0.717, 1.165) is 18.5 Å². The third-order valence-electron chi connectivity index (χ3n) is 4.20. The van der Waals surface area contributed by atoms with Gasteiger partial charge in [0.2, 0.25) is 0 Å². The number of nitrogens with one attached hydrogen (secondary N) is 1. The fourth-order valence-electron chi connectivity index (χ4n) is 2.56. The van der Waals surface area contributed by atoms with E-state index < -0.39 is 0 Å². The zero-order chi connectivity index (χ0) is 16.0. The maximum atomic E-state index is 6.01. The van der Waals surface area contributed by atoms with Crippen molar-refractivity contribution in [2.24, 2.45) is 10.7 Å². The average Bonchev–Trinajstić information content (AvgIpc) is 2.54. The smallest absolute Gasteiger partial charge is 0.193 e. The molecule has 1 aliphatic rings. The Balaban J connectivity index is 1.98. The first-order valence-corrected chi connectivity index (χ1v) is 7.84. The Morgan fingerprint density at radius 3 is 2.77 bits per heavy atom. The van der Waals surface area contributed by atoms with Gasteiger partial charge in [-0.3, -0.25) is 4.99 Å². The number of anilines is 1. The van der Waals surface area contributed by atoms with Crippen molar-refractivity contribution < 1.29 is 9.47 Å². The van der Waals surface area contributed by atoms with Gasteiger partial charge in [0.1, 0.15) is 0 Å². The van der Waals surface area contributed by atoms with Crippen LogP contribution in [-0.2, 0) is 9.47 Å². The first-order valence-electron chi connectivity index (χ1n) is 7.84. The van der Waals surface area contributed by atoms with Crippen LogP contribution in [0.5, 0.6) is 0 Å². The van der Waals surface area contributed by atoms with Crippen molar-refractivity contribution >= 4 is 11.6 Å². The van der Waals surface area contributed by atoms with E-state index in [-0.39, 0.29) is 5.60 Å². The molecule has 1 fully saturated rings. The van der Waals surface area contributed by atoms with Crippen LogP contribution >= 0.6 is 0 Å². The normalized spacial score (nSPS) is 18.5. The number of nitrogens with two attached hydrogens (primary N) is 1. The van der Waals surface area contributed by atoms with E-state index in [2.05, 4.69) is 36.3 Å². The number of aliphatic imine (C=N–C) groups is 1. The number of methoxy groups -OCH3 is 1. The molecule has 5 nitrogen and oxygen atoms in total. The Bertz CT molecular complexity index is 508. The third kappa shape index (κ3) is 4.45. The number of benzene rings is 1. The second-order valence-corrected chi connectivity index (χ2v) is 6.11. The van der Waals surface area contributed by atoms with Crippen LogP contribution in [0.3, 0.4) is 0 Å². The summed E-state index contributed by atoms with van der Waals surface area (Å²) in [5.74, 6) is 0.905. The summed E-state index contributed by atoms with van der Waals surface area (Å²) in [7, 11) is 1.73. The van der Waals surface area contributed by atoms with Crippen LogP contribution < -0.4 is 11.1 Å². The number of rotatable bonds is 5. The monoisotopic (exact) mass is 305 g/mol. The highest BCUT2D eigenvalue weighted by molar-refractivity contribution is 5.92. The van der Waals surface area contributed by atoms with Crippen LogP contribution in [0.1, 0.15) is 38.2 Å². The maximum Gasteiger partial charge on any atom is 0.193 e. The Morgan fingerprint density at radius 2 is 2.14 bits per heavy atom. The van der Waals surface area contributed by atoms with Crippen molar-refractivity contribution in [3.8, 4) is 0 Å². The lowest BCUT2D eigenvalue weighted by Gasteiger charge is -2.34. The first-order chi connectivity index (χ1) is 10.5. The summed E-state index contributed by atoms with van der Waals surface area (Å²) < 4.78 is 11.0. The molecule has 3 N–H and O–H groups in total. The molecule has 1 aromatic carbocycles. The lowest BCUT2D eigenvalue weighted by atomic mass is 9.94. The van der Waals surface area contributed by atoms with Crippen LogP contribution in [0, 0.1) is 0 Å². The van der Waals surface area contributed by atoms with E-state index >= 15 is 0 Å². The van der Waals surface area contributed by atoms with E-state index in [1.807, 2.05) is 12.1 Å². The number of nitrogens with zero attached hydrogens (tertiary/aromatic N) is 1. The molecule has 122 valence electrons. The fourth-order valence-corrected chi connectivity index (χ4v) is 2.56. The largest absolute Gasteiger partial charge is 0.381 e. The van der Waals surface area contributed by atoms with E-state index in [4.69, 9.17) is 15.2 Å². The molecule has 0 bridgehead atoms. The predicted molar refractivity (Wildman–Crippen MR) is 90.4 cm³/mol. The molecular weight excluding hydrogens is 278 g/mol. The SMILES string of the molecule is COC1(CN=C(N)Nc2cccc(C(C)C)c2)CCOCC1. The average molecular weight is 305 g/mol. The van der Waals surface area contributed by atoms with E-state index in [1.165, 1.54) is 5.56 Å². The van der Waals surface area contributed by atoms with Crippen LogP contribution in [0.15, 0.2) is 29.3 Å². The zero-order valence-corrected chi connectivity index (χ0v) is 13.8. The summed E-state index contributed by atoms with van der Waals surface area (Å²) in [5.41, 5.74) is 8.01. The Kier molecular flexibility index (Phi) is 5.80. The molecule has 0 amide bonds. The lowest BCUT2D eigenvalue weighted by molar-refractivity contribution is -0.0828. The van der Waals surface area contributed by atoms with Gasteiger partial charge < -0.3 is 20.5 Å². The van der Waals surface area contributed by atoms with Gasteiger partial charge in [-0.05, 0) is 23.6 Å². The van der Waals surface area contributed by atoms with Crippen molar-refractivity contribution in [2.75, 3.05) is 32.2 Å². The van der Waals surface area contributed by atoms with Crippen LogP contribution in [0.25, 0.3) is 0 Å². The van der Waals surface area contributed by atoms with Crippen molar-refractivity contribution in [3.63, 3.8) is 0 Å². The van der Waals surface area contributed by atoms with Gasteiger partial charge in [0.25, 0.3) is 0 Å². The molecule has 1 aliphatic heterocycles. The molecule has 5 heteroatoms. The van der Waals surface area contributed by atoms with Gasteiger partial charge in [0.15, 0.2) is 5.96 Å². The second kappa shape index (κ2) is 7.61. The lowest BCUT2D eigenvalue weighted by Crippen LogP contribution is -2.42. The minimum atomic E-state index is -0.246. The minimum absolute atomic E-state index is 0.246. The number of guanidine groups is 1. The molecule has 1 heterocycles. The quantitative estimate of drug-likeness (QED) is 0.648. The summed E-state index contributed by atoms with van der Waals surface area (Å²) in [6, 6.07) is 8.24. The summed E-state index contributed by atoms with van der Waals surface area (Å²) >= 11 is 0. The molecule has 1 saturated heterocycles. The minimum Gasteiger partial charge on any atom is -0.381 e. The van der Waals surface area contributed by atoms with Gasteiger partial charge in [-0.2, -0.15) is 0 Å². The standard InChI is InChI=1S/C17H27N3O2/c1-13(2)14-5-4-6-15(11-14)20-16(18)19-12-17(21-3)7-9-22-10-8-17/h4-6,11,13H,7-10,12H2,1-3H3,(H3,18,19,20). The van der Waals surface area contributed by atoms with Crippen LogP contribution in [-0.4, -0.2) is 38.4 Å². The van der Waals surface area contributed by atoms with Crippen LogP contribution in [0.4, 0.5) is 5.69 Å². The number of ether oxygens (including phenoxy) is 2. The number of hydrogen-bond donors (Lipinski definition) is 2. The van der Waals surface area contributed by atoms with Gasteiger partial charge in [0, 0.05) is 38.9 Å². The molecule has 0 saturated carbocycles. The summed E-state index contributed by atoms with van der Waals surface area (Å²) in [6.07, 6.45) is 1.70. The van der Waals surface area contributed by atoms with E-state index in [0.29, 0.717) is 31.6 Å². The number of hydrogen-bond acceptors (Lipinski definition) is 3. The highest BCUT2D eigenvalue weighted by Crippen LogP contribution is 2.25. The van der Waals surface area contributed by atoms with Gasteiger partial charge in [0.05, 0.1) is 12.1 Å². The molecule has 0 aliphatic carbocycles. The van der Waals surface area contributed by atoms with Crippen molar-refractivity contribution in [3.05, 3.63) is 29.8 Å². The molecule has 0 spiro atoms. The summed E-state index contributed by atoms with van der Waals surface area (Å²) in [6.45, 7) is 6.32. The van der Waals surface area contributed by atoms with E-state index in [1.54, 1.807) is 7.11 Å². The third-order valence-corrected chi connectivity index (χ3v) is 4.20. The van der Waals surface area contributed by atoms with Gasteiger partial charge in [-0.25, -0.2) is 0 Å². The molecule has 1 aromatic rings. The molecule has 0 atom stereocenters. The highest BCUT2D eigenvalue weighted by atomic mass is 16.5. The van der Waals surface area contributed by atoms with Gasteiger partial charge in [-0.1, -0.05) is 26.0 Å². The zero-order valence-electron chi connectivity index (χ0n) is 13.8. The summed E-state index contributed by atoms with van der Waals surface area (Å²) in [4.78, 5) is 4.46. The molecule has 22 heavy (non-hydrogen) atoms. The Morgan fingerprint density at radius 1 is 1.41 bits per heavy atom.